The molecular formula is C20H21NO5. The number of phenolic OH excluding ortho intramolecular Hbond substituents is 2. The molecule has 0 radical (unpaired) electrons. The Morgan fingerprint density at radius 3 is 1.96 bits per heavy atom. The molecule has 5 rings (SSSR count). The van der Waals surface area contributed by atoms with E-state index in [4.69, 9.17) is 14.2 Å². The molecule has 2 N–H and O–H groups in total. The maximum atomic E-state index is 10.4. The van der Waals surface area contributed by atoms with E-state index in [9.17, 15) is 10.2 Å². The molecule has 5 atom stereocenters. The van der Waals surface area contributed by atoms with Crippen LogP contribution in [0.4, 0.5) is 0 Å². The zero-order chi connectivity index (χ0) is 18.1. The number of benzene rings is 2. The predicted molar refractivity (Wildman–Crippen MR) is 92.2 cm³/mol. The van der Waals surface area contributed by atoms with Gasteiger partial charge in [0.15, 0.2) is 0 Å². The van der Waals surface area contributed by atoms with Crippen LogP contribution in [0.25, 0.3) is 0 Å². The third kappa shape index (κ3) is 1.90. The van der Waals surface area contributed by atoms with Crippen molar-refractivity contribution in [2.24, 2.45) is 0 Å². The molecule has 2 aromatic rings. The van der Waals surface area contributed by atoms with Crippen LogP contribution in [0.2, 0.25) is 0 Å². The minimum absolute atomic E-state index is 0.174. The van der Waals surface area contributed by atoms with Gasteiger partial charge in [-0.1, -0.05) is 36.4 Å². The summed E-state index contributed by atoms with van der Waals surface area (Å²) in [6.45, 7) is 4.27. The number of hydrogen-bond acceptors (Lipinski definition) is 6. The first-order valence-electron chi connectivity index (χ1n) is 8.77. The SMILES string of the molecule is C[C@@]1(c2ccccc2O)O[C@H]2CO[C@@H]3N2[C@H]1O[C@]3(C)c1ccccc1O. The molecule has 0 unspecified atom stereocenters. The average molecular weight is 355 g/mol. The van der Waals surface area contributed by atoms with Gasteiger partial charge in [-0.2, -0.15) is 0 Å². The Morgan fingerprint density at radius 2 is 1.38 bits per heavy atom. The van der Waals surface area contributed by atoms with Crippen LogP contribution in [0, 0.1) is 0 Å². The highest BCUT2D eigenvalue weighted by Gasteiger charge is 2.68. The predicted octanol–water partition coefficient (Wildman–Crippen LogP) is 2.60. The first-order chi connectivity index (χ1) is 12.4. The summed E-state index contributed by atoms with van der Waals surface area (Å²) in [6.07, 6.45) is -1.08. The third-order valence-corrected chi connectivity index (χ3v) is 5.83. The van der Waals surface area contributed by atoms with E-state index in [0.717, 1.165) is 0 Å². The van der Waals surface area contributed by atoms with Gasteiger partial charge in [-0.05, 0) is 26.0 Å². The maximum Gasteiger partial charge on any atom is 0.149 e. The van der Waals surface area contributed by atoms with Crippen LogP contribution in [-0.2, 0) is 25.4 Å². The summed E-state index contributed by atoms with van der Waals surface area (Å²) in [5, 5.41) is 20.8. The molecule has 0 spiro atoms. The molecular weight excluding hydrogens is 334 g/mol. The Balaban J connectivity index is 1.62. The fourth-order valence-electron chi connectivity index (χ4n) is 4.58. The van der Waals surface area contributed by atoms with Crippen molar-refractivity contribution >= 4 is 0 Å². The second kappa shape index (κ2) is 5.20. The van der Waals surface area contributed by atoms with Crippen molar-refractivity contribution in [2.45, 2.75) is 43.7 Å². The van der Waals surface area contributed by atoms with Crippen molar-refractivity contribution in [2.75, 3.05) is 6.61 Å². The molecule has 26 heavy (non-hydrogen) atoms. The van der Waals surface area contributed by atoms with E-state index in [1.165, 1.54) is 0 Å². The molecule has 3 aliphatic rings. The zero-order valence-electron chi connectivity index (χ0n) is 14.6. The van der Waals surface area contributed by atoms with Gasteiger partial charge in [0.05, 0.1) is 6.61 Å². The topological polar surface area (TPSA) is 71.4 Å². The summed E-state index contributed by atoms with van der Waals surface area (Å²) in [6, 6.07) is 14.3. The lowest BCUT2D eigenvalue weighted by atomic mass is 9.93. The Bertz CT molecular complexity index is 827. The molecule has 0 amide bonds. The van der Waals surface area contributed by atoms with E-state index in [2.05, 4.69) is 4.90 Å². The first-order valence-corrected chi connectivity index (χ1v) is 8.77. The fourth-order valence-corrected chi connectivity index (χ4v) is 4.58. The monoisotopic (exact) mass is 355 g/mol. The van der Waals surface area contributed by atoms with Gasteiger partial charge >= 0.3 is 0 Å². The van der Waals surface area contributed by atoms with Crippen LogP contribution in [0.5, 0.6) is 11.5 Å². The number of para-hydroxylation sites is 2. The molecule has 136 valence electrons. The van der Waals surface area contributed by atoms with Crippen LogP contribution in [0.3, 0.4) is 0 Å². The van der Waals surface area contributed by atoms with Crippen molar-refractivity contribution in [3.63, 3.8) is 0 Å². The standard InChI is InChI=1S/C20H21NO5/c1-19(12-7-3-5-9-14(12)22)17-21-16(11-24-17)25-20(2,18(21)26-19)13-8-4-6-10-15(13)23/h3-10,16-18,22-23H,11H2,1-2H3/t16-,17-,18-,19+,20-/m0/s1. The van der Waals surface area contributed by atoms with E-state index in [1.54, 1.807) is 24.3 Å². The lowest BCUT2D eigenvalue weighted by Gasteiger charge is -2.33. The van der Waals surface area contributed by atoms with Crippen LogP contribution in [0.1, 0.15) is 25.0 Å². The molecule has 2 aromatic carbocycles. The summed E-state index contributed by atoms with van der Waals surface area (Å²) in [5.74, 6) is 0.349. The normalized spacial score (nSPS) is 38.6. The molecule has 0 aliphatic carbocycles. The second-order valence-electron chi connectivity index (χ2n) is 7.42. The number of phenols is 2. The van der Waals surface area contributed by atoms with Crippen LogP contribution < -0.4 is 0 Å². The summed E-state index contributed by atoms with van der Waals surface area (Å²) in [4.78, 5) is 2.07. The molecule has 3 fully saturated rings. The number of hydrogen-bond donors (Lipinski definition) is 2. The van der Waals surface area contributed by atoms with Gasteiger partial charge in [0.25, 0.3) is 0 Å². The smallest absolute Gasteiger partial charge is 0.149 e. The Labute approximate surface area is 151 Å². The molecule has 3 saturated heterocycles. The van der Waals surface area contributed by atoms with E-state index in [1.807, 2.05) is 38.1 Å². The van der Waals surface area contributed by atoms with Crippen LogP contribution in [0.15, 0.2) is 48.5 Å². The number of rotatable bonds is 2. The quantitative estimate of drug-likeness (QED) is 0.863. The van der Waals surface area contributed by atoms with Crippen molar-refractivity contribution in [1.82, 2.24) is 4.90 Å². The molecule has 0 aromatic heterocycles. The summed E-state index contributed by atoms with van der Waals surface area (Å²) >= 11 is 0. The van der Waals surface area contributed by atoms with E-state index >= 15 is 0 Å². The average Bonchev–Trinajstić information content (AvgIpc) is 3.24. The van der Waals surface area contributed by atoms with Gasteiger partial charge < -0.3 is 24.4 Å². The molecule has 0 bridgehead atoms. The molecule has 6 nitrogen and oxygen atoms in total. The molecule has 0 saturated carbocycles. The first kappa shape index (κ1) is 16.1. The summed E-state index contributed by atoms with van der Waals surface area (Å²) in [5.41, 5.74) is -0.334. The van der Waals surface area contributed by atoms with Crippen LogP contribution in [-0.4, -0.2) is 40.4 Å². The van der Waals surface area contributed by atoms with E-state index in [0.29, 0.717) is 17.7 Å². The van der Waals surface area contributed by atoms with Gasteiger partial charge in [0.2, 0.25) is 0 Å². The third-order valence-electron chi connectivity index (χ3n) is 5.83. The summed E-state index contributed by atoms with van der Waals surface area (Å²) in [7, 11) is 0. The Morgan fingerprint density at radius 1 is 0.846 bits per heavy atom. The lowest BCUT2D eigenvalue weighted by molar-refractivity contribution is -0.139. The minimum Gasteiger partial charge on any atom is -0.508 e. The second-order valence-corrected chi connectivity index (χ2v) is 7.42. The lowest BCUT2D eigenvalue weighted by Crippen LogP contribution is -2.40. The molecule has 6 heteroatoms. The largest absolute Gasteiger partial charge is 0.508 e. The number of ether oxygens (including phenoxy) is 3. The van der Waals surface area contributed by atoms with Gasteiger partial charge in [0, 0.05) is 11.1 Å². The fraction of sp³-hybridized carbons (Fsp3) is 0.400. The minimum atomic E-state index is -0.847. The zero-order valence-corrected chi connectivity index (χ0v) is 14.6. The number of nitrogens with zero attached hydrogens (tertiary/aromatic N) is 1. The van der Waals surface area contributed by atoms with Gasteiger partial charge in [0.1, 0.15) is 41.4 Å². The Kier molecular flexibility index (Phi) is 3.22. The van der Waals surface area contributed by atoms with E-state index < -0.39 is 17.4 Å². The van der Waals surface area contributed by atoms with Crippen molar-refractivity contribution in [3.8, 4) is 11.5 Å². The van der Waals surface area contributed by atoms with Gasteiger partial charge in [-0.15, -0.1) is 0 Å². The van der Waals surface area contributed by atoms with Crippen molar-refractivity contribution < 1.29 is 24.4 Å². The van der Waals surface area contributed by atoms with Crippen molar-refractivity contribution in [3.05, 3.63) is 59.7 Å². The van der Waals surface area contributed by atoms with Gasteiger partial charge in [-0.25, -0.2) is 4.90 Å². The summed E-state index contributed by atoms with van der Waals surface area (Å²) < 4.78 is 18.8. The highest BCUT2D eigenvalue weighted by Crippen LogP contribution is 2.57. The van der Waals surface area contributed by atoms with Crippen molar-refractivity contribution in [1.29, 1.82) is 0 Å². The number of aromatic hydroxyl groups is 2. The molecule has 3 heterocycles. The highest BCUT2D eigenvalue weighted by molar-refractivity contribution is 5.41. The van der Waals surface area contributed by atoms with Crippen LogP contribution >= 0.6 is 0 Å². The van der Waals surface area contributed by atoms with E-state index in [-0.39, 0.29) is 24.0 Å². The Hall–Kier alpha value is -2.12. The maximum absolute atomic E-state index is 10.4. The molecule has 3 aliphatic heterocycles. The van der Waals surface area contributed by atoms with Gasteiger partial charge in [-0.3, -0.25) is 0 Å². The highest BCUT2D eigenvalue weighted by atomic mass is 16.7.